The summed E-state index contributed by atoms with van der Waals surface area (Å²) in [5.74, 6) is 0.848. The van der Waals surface area contributed by atoms with E-state index in [4.69, 9.17) is 0 Å². The lowest BCUT2D eigenvalue weighted by Crippen LogP contribution is -2.26. The van der Waals surface area contributed by atoms with Crippen molar-refractivity contribution in [3.8, 4) is 0 Å². The van der Waals surface area contributed by atoms with Crippen molar-refractivity contribution in [2.75, 3.05) is 6.54 Å². The highest BCUT2D eigenvalue weighted by Gasteiger charge is 2.01. The van der Waals surface area contributed by atoms with Crippen molar-refractivity contribution >= 4 is 0 Å². The molecule has 0 aliphatic rings. The molecule has 1 nitrogen and oxygen atoms in total. The highest BCUT2D eigenvalue weighted by molar-refractivity contribution is 4.60. The van der Waals surface area contributed by atoms with Gasteiger partial charge in [-0.1, -0.05) is 20.8 Å². The third kappa shape index (κ3) is 7.86. The second-order valence-corrected chi connectivity index (χ2v) is 3.83. The molecule has 0 spiro atoms. The number of rotatable bonds is 6. The predicted molar refractivity (Wildman–Crippen MR) is 51.8 cm³/mol. The van der Waals surface area contributed by atoms with E-state index in [1.165, 1.54) is 25.8 Å². The Morgan fingerprint density at radius 2 is 1.73 bits per heavy atom. The molecule has 0 aromatic heterocycles. The van der Waals surface area contributed by atoms with E-state index in [1.54, 1.807) is 0 Å². The van der Waals surface area contributed by atoms with Crippen molar-refractivity contribution in [3.63, 3.8) is 0 Å². The van der Waals surface area contributed by atoms with Gasteiger partial charge in [0.1, 0.15) is 0 Å². The van der Waals surface area contributed by atoms with Crippen LogP contribution in [0.1, 0.15) is 47.0 Å². The molecule has 0 fully saturated rings. The van der Waals surface area contributed by atoms with E-state index in [9.17, 15) is 0 Å². The van der Waals surface area contributed by atoms with E-state index in [0.717, 1.165) is 5.92 Å². The Hall–Kier alpha value is -0.0400. The van der Waals surface area contributed by atoms with Gasteiger partial charge in [0.2, 0.25) is 0 Å². The minimum atomic E-state index is 0.706. The molecule has 0 aromatic carbocycles. The zero-order valence-corrected chi connectivity index (χ0v) is 8.48. The molecule has 1 unspecified atom stereocenters. The maximum Gasteiger partial charge on any atom is 0.00388 e. The Morgan fingerprint density at radius 1 is 1.09 bits per heavy atom. The van der Waals surface area contributed by atoms with Gasteiger partial charge in [-0.15, -0.1) is 0 Å². The molecule has 0 aromatic rings. The van der Waals surface area contributed by atoms with Gasteiger partial charge in [0.05, 0.1) is 0 Å². The van der Waals surface area contributed by atoms with Crippen LogP contribution < -0.4 is 5.32 Å². The number of hydrogen-bond donors (Lipinski definition) is 1. The maximum atomic E-state index is 3.49. The smallest absolute Gasteiger partial charge is 0.00388 e. The second-order valence-electron chi connectivity index (χ2n) is 3.83. The summed E-state index contributed by atoms with van der Waals surface area (Å²) in [4.78, 5) is 0. The van der Waals surface area contributed by atoms with E-state index in [2.05, 4.69) is 33.0 Å². The van der Waals surface area contributed by atoms with Crippen LogP contribution in [-0.2, 0) is 0 Å². The summed E-state index contributed by atoms with van der Waals surface area (Å²) >= 11 is 0. The van der Waals surface area contributed by atoms with Crippen LogP contribution in [0.4, 0.5) is 0 Å². The Labute approximate surface area is 71.6 Å². The normalized spacial score (nSPS) is 13.9. The van der Waals surface area contributed by atoms with Crippen LogP contribution in [0.2, 0.25) is 0 Å². The molecule has 0 rings (SSSR count). The van der Waals surface area contributed by atoms with Gasteiger partial charge < -0.3 is 5.32 Å². The molecule has 0 amide bonds. The third-order valence-electron chi connectivity index (χ3n) is 1.92. The summed E-state index contributed by atoms with van der Waals surface area (Å²) < 4.78 is 0. The summed E-state index contributed by atoms with van der Waals surface area (Å²) in [5.41, 5.74) is 0. The monoisotopic (exact) mass is 157 g/mol. The van der Waals surface area contributed by atoms with E-state index in [-0.39, 0.29) is 0 Å². The number of nitrogens with one attached hydrogen (secondary N) is 1. The molecular formula is C10H23N. The molecule has 1 atom stereocenters. The van der Waals surface area contributed by atoms with Gasteiger partial charge in [0.15, 0.2) is 0 Å². The zero-order chi connectivity index (χ0) is 8.69. The van der Waals surface area contributed by atoms with Gasteiger partial charge in [0.25, 0.3) is 0 Å². The van der Waals surface area contributed by atoms with Gasteiger partial charge in [-0.05, 0) is 38.6 Å². The fourth-order valence-electron chi connectivity index (χ4n) is 1.08. The van der Waals surface area contributed by atoms with Crippen molar-refractivity contribution in [3.05, 3.63) is 0 Å². The minimum Gasteiger partial charge on any atom is -0.314 e. The highest BCUT2D eigenvalue weighted by Crippen LogP contribution is 2.05. The highest BCUT2D eigenvalue weighted by atomic mass is 14.9. The molecule has 0 heterocycles. The SMILES string of the molecule is CCCNC(C)CCC(C)C. The van der Waals surface area contributed by atoms with Crippen molar-refractivity contribution in [2.24, 2.45) is 5.92 Å². The van der Waals surface area contributed by atoms with Crippen LogP contribution in [0.3, 0.4) is 0 Å². The predicted octanol–water partition coefficient (Wildman–Crippen LogP) is 2.81. The molecule has 0 aliphatic heterocycles. The van der Waals surface area contributed by atoms with Crippen LogP contribution in [0, 0.1) is 5.92 Å². The maximum absolute atomic E-state index is 3.49. The Kier molecular flexibility index (Phi) is 6.63. The summed E-state index contributed by atoms with van der Waals surface area (Å²) in [7, 11) is 0. The Balaban J connectivity index is 3.15. The minimum absolute atomic E-state index is 0.706. The summed E-state index contributed by atoms with van der Waals surface area (Å²) in [6, 6.07) is 0.706. The first-order valence-corrected chi connectivity index (χ1v) is 4.90. The second kappa shape index (κ2) is 6.66. The lowest BCUT2D eigenvalue weighted by Gasteiger charge is -2.13. The van der Waals surface area contributed by atoms with Crippen LogP contribution in [-0.4, -0.2) is 12.6 Å². The van der Waals surface area contributed by atoms with Crippen molar-refractivity contribution in [1.29, 1.82) is 0 Å². The summed E-state index contributed by atoms with van der Waals surface area (Å²) in [6.07, 6.45) is 3.90. The third-order valence-corrected chi connectivity index (χ3v) is 1.92. The van der Waals surface area contributed by atoms with Gasteiger partial charge in [-0.2, -0.15) is 0 Å². The van der Waals surface area contributed by atoms with Crippen LogP contribution in [0.5, 0.6) is 0 Å². The van der Waals surface area contributed by atoms with Gasteiger partial charge in [-0.3, -0.25) is 0 Å². The molecular weight excluding hydrogens is 134 g/mol. The Morgan fingerprint density at radius 3 is 2.18 bits per heavy atom. The van der Waals surface area contributed by atoms with E-state index < -0.39 is 0 Å². The molecule has 0 aliphatic carbocycles. The van der Waals surface area contributed by atoms with Crippen molar-refractivity contribution in [1.82, 2.24) is 5.32 Å². The fraction of sp³-hybridized carbons (Fsp3) is 1.00. The van der Waals surface area contributed by atoms with E-state index in [0.29, 0.717) is 6.04 Å². The van der Waals surface area contributed by atoms with Gasteiger partial charge in [0, 0.05) is 6.04 Å². The molecule has 0 saturated heterocycles. The van der Waals surface area contributed by atoms with E-state index in [1.807, 2.05) is 0 Å². The molecule has 0 saturated carbocycles. The van der Waals surface area contributed by atoms with Crippen molar-refractivity contribution < 1.29 is 0 Å². The fourth-order valence-corrected chi connectivity index (χ4v) is 1.08. The van der Waals surface area contributed by atoms with Crippen LogP contribution >= 0.6 is 0 Å². The molecule has 0 radical (unpaired) electrons. The quantitative estimate of drug-likeness (QED) is 0.625. The standard InChI is InChI=1S/C10H23N/c1-5-8-11-10(4)7-6-9(2)3/h9-11H,5-8H2,1-4H3. The first kappa shape index (κ1) is 11.0. The molecule has 0 bridgehead atoms. The lowest BCUT2D eigenvalue weighted by atomic mass is 10.0. The topological polar surface area (TPSA) is 12.0 Å². The first-order chi connectivity index (χ1) is 5.16. The zero-order valence-electron chi connectivity index (χ0n) is 8.48. The average molecular weight is 157 g/mol. The van der Waals surface area contributed by atoms with Crippen LogP contribution in [0.25, 0.3) is 0 Å². The van der Waals surface area contributed by atoms with E-state index >= 15 is 0 Å². The lowest BCUT2D eigenvalue weighted by molar-refractivity contribution is 0.452. The van der Waals surface area contributed by atoms with Gasteiger partial charge >= 0.3 is 0 Å². The number of hydrogen-bond acceptors (Lipinski definition) is 1. The average Bonchev–Trinajstić information content (AvgIpc) is 1.97. The largest absolute Gasteiger partial charge is 0.314 e. The molecule has 1 N–H and O–H groups in total. The van der Waals surface area contributed by atoms with Gasteiger partial charge in [-0.25, -0.2) is 0 Å². The summed E-state index contributed by atoms with van der Waals surface area (Å²) in [5, 5.41) is 3.49. The van der Waals surface area contributed by atoms with Crippen LogP contribution in [0.15, 0.2) is 0 Å². The molecule has 11 heavy (non-hydrogen) atoms. The first-order valence-electron chi connectivity index (χ1n) is 4.90. The summed E-state index contributed by atoms with van der Waals surface area (Å²) in [6.45, 7) is 10.2. The van der Waals surface area contributed by atoms with Crippen molar-refractivity contribution in [2.45, 2.75) is 53.0 Å². The molecule has 68 valence electrons. The molecule has 1 heteroatoms. The Bertz CT molecular complexity index is 78.9.